The van der Waals surface area contributed by atoms with Crippen LogP contribution in [-0.4, -0.2) is 31.4 Å². The fourth-order valence-corrected chi connectivity index (χ4v) is 3.23. The molecule has 0 radical (unpaired) electrons. The third-order valence-electron chi connectivity index (χ3n) is 4.85. The number of benzene rings is 1. The second-order valence-electron chi connectivity index (χ2n) is 5.86. The number of ether oxygens (including phenoxy) is 1. The van der Waals surface area contributed by atoms with E-state index in [2.05, 4.69) is 18.7 Å². The maximum absolute atomic E-state index is 10.9. The number of hydrogen-bond donors (Lipinski definition) is 0. The summed E-state index contributed by atoms with van der Waals surface area (Å²) in [6, 6.07) is 5.65. The van der Waals surface area contributed by atoms with Gasteiger partial charge in [-0.15, -0.1) is 0 Å². The van der Waals surface area contributed by atoms with Crippen LogP contribution in [0.3, 0.4) is 0 Å². The summed E-state index contributed by atoms with van der Waals surface area (Å²) in [5.74, 6) is 0.876. The summed E-state index contributed by atoms with van der Waals surface area (Å²) in [6.45, 7) is 7.73. The molecule has 0 aromatic heterocycles. The van der Waals surface area contributed by atoms with Crippen LogP contribution in [0.2, 0.25) is 0 Å². The maximum atomic E-state index is 10.9. The normalized spacial score (nSPS) is 18.1. The van der Waals surface area contributed by atoms with Crippen molar-refractivity contribution < 1.29 is 9.53 Å². The molecule has 1 aliphatic heterocycles. The summed E-state index contributed by atoms with van der Waals surface area (Å²) in [7, 11) is 1.69. The van der Waals surface area contributed by atoms with E-state index in [1.165, 1.54) is 19.3 Å². The highest BCUT2D eigenvalue weighted by Crippen LogP contribution is 2.38. The smallest absolute Gasteiger partial charge is 0.150 e. The van der Waals surface area contributed by atoms with Crippen molar-refractivity contribution in [1.29, 1.82) is 0 Å². The van der Waals surface area contributed by atoms with E-state index in [9.17, 15) is 4.79 Å². The first-order chi connectivity index (χ1) is 9.66. The molecule has 1 heterocycles. The van der Waals surface area contributed by atoms with E-state index in [4.69, 9.17) is 4.74 Å². The lowest BCUT2D eigenvalue weighted by Gasteiger charge is -2.26. The Kier molecular flexibility index (Phi) is 4.81. The number of carbonyl (C=O) groups is 1. The average molecular weight is 275 g/mol. The number of carbonyl (C=O) groups excluding carboxylic acids is 1. The van der Waals surface area contributed by atoms with Gasteiger partial charge in [-0.1, -0.05) is 13.8 Å². The van der Waals surface area contributed by atoms with Gasteiger partial charge in [-0.2, -0.15) is 0 Å². The highest BCUT2D eigenvalue weighted by atomic mass is 16.5. The summed E-state index contributed by atoms with van der Waals surface area (Å²) < 4.78 is 5.42. The molecule has 3 nitrogen and oxygen atoms in total. The molecular formula is C17H25NO2. The van der Waals surface area contributed by atoms with Crippen LogP contribution in [0.5, 0.6) is 5.75 Å². The van der Waals surface area contributed by atoms with Crippen LogP contribution >= 0.6 is 0 Å². The zero-order valence-corrected chi connectivity index (χ0v) is 12.8. The minimum Gasteiger partial charge on any atom is -0.496 e. The average Bonchev–Trinajstić information content (AvgIpc) is 2.91. The molecule has 3 heteroatoms. The van der Waals surface area contributed by atoms with Crippen molar-refractivity contribution >= 4 is 6.29 Å². The molecule has 1 aromatic carbocycles. The number of methoxy groups -OCH3 is 1. The fraction of sp³-hybridized carbons (Fsp3) is 0.588. The van der Waals surface area contributed by atoms with Crippen LogP contribution in [0, 0.1) is 5.41 Å². The quantitative estimate of drug-likeness (QED) is 0.744. The van der Waals surface area contributed by atoms with E-state index < -0.39 is 0 Å². The van der Waals surface area contributed by atoms with E-state index in [-0.39, 0.29) is 0 Å². The summed E-state index contributed by atoms with van der Waals surface area (Å²) in [4.78, 5) is 13.4. The molecule has 2 rings (SSSR count). The van der Waals surface area contributed by atoms with Crippen molar-refractivity contribution in [3.05, 3.63) is 29.3 Å². The first-order valence-electron chi connectivity index (χ1n) is 7.51. The fourth-order valence-electron chi connectivity index (χ4n) is 3.23. The van der Waals surface area contributed by atoms with Crippen LogP contribution in [-0.2, 0) is 6.54 Å². The Labute approximate surface area is 121 Å². The van der Waals surface area contributed by atoms with E-state index in [0.717, 1.165) is 42.8 Å². The molecule has 20 heavy (non-hydrogen) atoms. The van der Waals surface area contributed by atoms with Gasteiger partial charge in [0.15, 0.2) is 0 Å². The Morgan fingerprint density at radius 1 is 1.35 bits per heavy atom. The monoisotopic (exact) mass is 275 g/mol. The molecule has 0 aliphatic carbocycles. The Bertz CT molecular complexity index is 466. The van der Waals surface area contributed by atoms with Crippen LogP contribution in [0.1, 0.15) is 49.0 Å². The topological polar surface area (TPSA) is 29.5 Å². The van der Waals surface area contributed by atoms with Gasteiger partial charge in [-0.3, -0.25) is 9.69 Å². The Morgan fingerprint density at radius 3 is 2.65 bits per heavy atom. The highest BCUT2D eigenvalue weighted by molar-refractivity contribution is 5.75. The third kappa shape index (κ3) is 3.04. The van der Waals surface area contributed by atoms with Gasteiger partial charge in [0, 0.05) is 24.2 Å². The summed E-state index contributed by atoms with van der Waals surface area (Å²) in [5.41, 5.74) is 2.31. The molecule has 0 amide bonds. The van der Waals surface area contributed by atoms with E-state index >= 15 is 0 Å². The van der Waals surface area contributed by atoms with Gasteiger partial charge in [0.25, 0.3) is 0 Å². The number of aldehydes is 1. The molecule has 0 bridgehead atoms. The minimum absolute atomic E-state index is 0.482. The highest BCUT2D eigenvalue weighted by Gasteiger charge is 2.34. The standard InChI is InChI=1S/C17H25NO2/c1-4-17(5-2)8-9-18(13-17)11-15-10-14(12-19)6-7-16(15)20-3/h6-7,10,12H,4-5,8-9,11,13H2,1-3H3. The summed E-state index contributed by atoms with van der Waals surface area (Å²) >= 11 is 0. The number of likely N-dealkylation sites (tertiary alicyclic amines) is 1. The number of hydrogen-bond acceptors (Lipinski definition) is 3. The predicted octanol–water partition coefficient (Wildman–Crippen LogP) is 3.52. The largest absolute Gasteiger partial charge is 0.496 e. The first kappa shape index (κ1) is 15.0. The first-order valence-corrected chi connectivity index (χ1v) is 7.51. The van der Waals surface area contributed by atoms with Crippen molar-refractivity contribution in [2.45, 2.75) is 39.7 Å². The summed E-state index contributed by atoms with van der Waals surface area (Å²) in [6.07, 6.45) is 4.65. The van der Waals surface area contributed by atoms with E-state index in [1.807, 2.05) is 18.2 Å². The van der Waals surface area contributed by atoms with Gasteiger partial charge in [0.05, 0.1) is 7.11 Å². The lowest BCUT2D eigenvalue weighted by atomic mass is 9.82. The molecule has 1 fully saturated rings. The van der Waals surface area contributed by atoms with Gasteiger partial charge >= 0.3 is 0 Å². The molecular weight excluding hydrogens is 250 g/mol. The maximum Gasteiger partial charge on any atom is 0.150 e. The van der Waals surface area contributed by atoms with Gasteiger partial charge in [-0.25, -0.2) is 0 Å². The number of nitrogens with zero attached hydrogens (tertiary/aromatic N) is 1. The minimum atomic E-state index is 0.482. The van der Waals surface area contributed by atoms with Gasteiger partial charge in [-0.05, 0) is 49.4 Å². The van der Waals surface area contributed by atoms with Crippen molar-refractivity contribution in [3.63, 3.8) is 0 Å². The van der Waals surface area contributed by atoms with Gasteiger partial charge < -0.3 is 4.74 Å². The zero-order valence-electron chi connectivity index (χ0n) is 12.8. The molecule has 0 unspecified atom stereocenters. The molecule has 0 spiro atoms. The molecule has 1 saturated heterocycles. The SMILES string of the molecule is CCC1(CC)CCN(Cc2cc(C=O)ccc2OC)C1. The van der Waals surface area contributed by atoms with Crippen LogP contribution < -0.4 is 4.74 Å². The molecule has 0 atom stereocenters. The van der Waals surface area contributed by atoms with Crippen molar-refractivity contribution in [1.82, 2.24) is 4.90 Å². The molecule has 0 saturated carbocycles. The lowest BCUT2D eigenvalue weighted by Crippen LogP contribution is -2.26. The van der Waals surface area contributed by atoms with Crippen LogP contribution in [0.4, 0.5) is 0 Å². The van der Waals surface area contributed by atoms with Gasteiger partial charge in [0.2, 0.25) is 0 Å². The molecule has 0 N–H and O–H groups in total. The molecule has 1 aliphatic rings. The Hall–Kier alpha value is -1.35. The van der Waals surface area contributed by atoms with Gasteiger partial charge in [0.1, 0.15) is 12.0 Å². The Morgan fingerprint density at radius 2 is 2.10 bits per heavy atom. The second-order valence-corrected chi connectivity index (χ2v) is 5.86. The third-order valence-corrected chi connectivity index (χ3v) is 4.85. The number of rotatable bonds is 6. The van der Waals surface area contributed by atoms with Crippen LogP contribution in [0.15, 0.2) is 18.2 Å². The second kappa shape index (κ2) is 6.40. The van der Waals surface area contributed by atoms with Crippen LogP contribution in [0.25, 0.3) is 0 Å². The summed E-state index contributed by atoms with van der Waals surface area (Å²) in [5, 5.41) is 0. The molecule has 1 aromatic rings. The van der Waals surface area contributed by atoms with Crippen molar-refractivity contribution in [2.24, 2.45) is 5.41 Å². The lowest BCUT2D eigenvalue weighted by molar-refractivity contribution is 0.112. The Balaban J connectivity index is 2.12. The van der Waals surface area contributed by atoms with Crippen molar-refractivity contribution in [3.8, 4) is 5.75 Å². The van der Waals surface area contributed by atoms with E-state index in [0.29, 0.717) is 5.41 Å². The zero-order chi connectivity index (χ0) is 14.6. The van der Waals surface area contributed by atoms with E-state index in [1.54, 1.807) is 7.11 Å². The predicted molar refractivity (Wildman–Crippen MR) is 81.3 cm³/mol. The van der Waals surface area contributed by atoms with Crippen molar-refractivity contribution in [2.75, 3.05) is 20.2 Å². The molecule has 110 valence electrons.